The predicted molar refractivity (Wildman–Crippen MR) is 116 cm³/mol. The van der Waals surface area contributed by atoms with E-state index in [0.29, 0.717) is 37.4 Å². The average Bonchev–Trinajstić information content (AvgIpc) is 3.15. The summed E-state index contributed by atoms with van der Waals surface area (Å²) in [6, 6.07) is 13.3. The van der Waals surface area contributed by atoms with Gasteiger partial charge in [-0.25, -0.2) is 4.39 Å². The molecule has 0 aliphatic rings. The van der Waals surface area contributed by atoms with E-state index in [-0.39, 0.29) is 17.9 Å². The first kappa shape index (κ1) is 20.9. The Bertz CT molecular complexity index is 1220. The van der Waals surface area contributed by atoms with Gasteiger partial charge in [-0.15, -0.1) is 0 Å². The second-order valence-corrected chi connectivity index (χ2v) is 8.21. The van der Waals surface area contributed by atoms with Crippen LogP contribution in [0.2, 0.25) is 0 Å². The van der Waals surface area contributed by atoms with Gasteiger partial charge < -0.3 is 24.5 Å². The number of ether oxygens (including phenoxy) is 1. The van der Waals surface area contributed by atoms with Crippen molar-refractivity contribution in [2.24, 2.45) is 0 Å². The Morgan fingerprint density at radius 2 is 1.77 bits per heavy atom. The molecule has 1 heterocycles. The lowest BCUT2D eigenvalue weighted by atomic mass is 10.0. The molecular formula is C22H15Br2FO5. The first-order valence-electron chi connectivity index (χ1n) is 8.83. The largest absolute Gasteiger partial charge is 0.508 e. The number of benzene rings is 3. The maximum Gasteiger partial charge on any atom is 0.156 e. The number of halogens is 3. The fourth-order valence-electron chi connectivity index (χ4n) is 3.07. The van der Waals surface area contributed by atoms with Gasteiger partial charge in [-0.3, -0.25) is 0 Å². The number of rotatable bonds is 5. The number of phenols is 1. The molecule has 0 aliphatic carbocycles. The molecule has 1 unspecified atom stereocenters. The van der Waals surface area contributed by atoms with Gasteiger partial charge in [-0.1, -0.05) is 12.1 Å². The van der Waals surface area contributed by atoms with Gasteiger partial charge in [0, 0.05) is 10.9 Å². The van der Waals surface area contributed by atoms with Crippen molar-refractivity contribution in [1.29, 1.82) is 0 Å². The monoisotopic (exact) mass is 536 g/mol. The highest BCUT2D eigenvalue weighted by atomic mass is 79.9. The third-order valence-electron chi connectivity index (χ3n) is 4.58. The summed E-state index contributed by atoms with van der Waals surface area (Å²) in [6.07, 6.45) is -1.16. The zero-order chi connectivity index (χ0) is 21.4. The number of aliphatic hydroxyl groups excluding tert-OH is 2. The van der Waals surface area contributed by atoms with Crippen LogP contribution in [0, 0.1) is 5.82 Å². The molecule has 30 heavy (non-hydrogen) atoms. The summed E-state index contributed by atoms with van der Waals surface area (Å²) in [5.41, 5.74) is 1.23. The fourth-order valence-corrected chi connectivity index (χ4v) is 4.43. The van der Waals surface area contributed by atoms with Crippen molar-refractivity contribution in [3.63, 3.8) is 0 Å². The van der Waals surface area contributed by atoms with Crippen LogP contribution in [-0.4, -0.2) is 15.3 Å². The molecule has 8 heteroatoms. The van der Waals surface area contributed by atoms with Crippen LogP contribution in [0.15, 0.2) is 68.0 Å². The van der Waals surface area contributed by atoms with Crippen LogP contribution in [-0.2, 0) is 6.61 Å². The van der Waals surface area contributed by atoms with E-state index in [1.807, 2.05) is 0 Å². The SMILES string of the molecule is OCc1cc2c(Br)c(Oc3ccc(O)c(C(O)c4ccc(F)cc4)c3)c(Br)cc2o1. The van der Waals surface area contributed by atoms with Crippen molar-refractivity contribution in [3.05, 3.63) is 86.2 Å². The molecule has 0 amide bonds. The molecule has 3 aromatic carbocycles. The lowest BCUT2D eigenvalue weighted by Gasteiger charge is -2.16. The van der Waals surface area contributed by atoms with Crippen molar-refractivity contribution in [1.82, 2.24) is 0 Å². The molecule has 0 aliphatic heterocycles. The molecule has 1 aromatic heterocycles. The second-order valence-electron chi connectivity index (χ2n) is 6.56. The van der Waals surface area contributed by atoms with E-state index in [1.165, 1.54) is 36.4 Å². The summed E-state index contributed by atoms with van der Waals surface area (Å²) in [6.45, 7) is -0.225. The molecule has 4 rings (SSSR count). The lowest BCUT2D eigenvalue weighted by Crippen LogP contribution is -2.01. The van der Waals surface area contributed by atoms with E-state index < -0.39 is 11.9 Å². The Labute approximate surface area is 187 Å². The van der Waals surface area contributed by atoms with Crippen LogP contribution in [0.25, 0.3) is 11.0 Å². The van der Waals surface area contributed by atoms with Gasteiger partial charge in [0.15, 0.2) is 5.75 Å². The van der Waals surface area contributed by atoms with Crippen molar-refractivity contribution >= 4 is 42.8 Å². The maximum absolute atomic E-state index is 13.2. The first-order valence-corrected chi connectivity index (χ1v) is 10.4. The van der Waals surface area contributed by atoms with Crippen molar-refractivity contribution < 1.29 is 28.9 Å². The summed E-state index contributed by atoms with van der Waals surface area (Å²) in [5, 5.41) is 30.9. The van der Waals surface area contributed by atoms with Crippen molar-refractivity contribution in [3.8, 4) is 17.2 Å². The molecule has 0 bridgehead atoms. The van der Waals surface area contributed by atoms with Gasteiger partial charge in [-0.2, -0.15) is 0 Å². The minimum absolute atomic E-state index is 0.116. The Balaban J connectivity index is 1.70. The van der Waals surface area contributed by atoms with Gasteiger partial charge in [0.1, 0.15) is 41.4 Å². The summed E-state index contributed by atoms with van der Waals surface area (Å²) in [5.74, 6) is 0.719. The zero-order valence-corrected chi connectivity index (χ0v) is 18.4. The van der Waals surface area contributed by atoms with Gasteiger partial charge in [-0.05, 0) is 79.9 Å². The smallest absolute Gasteiger partial charge is 0.156 e. The number of aromatic hydroxyl groups is 1. The lowest BCUT2D eigenvalue weighted by molar-refractivity contribution is 0.215. The summed E-state index contributed by atoms with van der Waals surface area (Å²) < 4.78 is 26.0. The normalized spacial score (nSPS) is 12.3. The van der Waals surface area contributed by atoms with E-state index in [2.05, 4.69) is 31.9 Å². The quantitative estimate of drug-likeness (QED) is 0.283. The highest BCUT2D eigenvalue weighted by molar-refractivity contribution is 9.11. The molecule has 0 radical (unpaired) electrons. The standard InChI is InChI=1S/C22H15Br2FO5/c23-17-9-19-16(8-14(10-26)29-19)20(24)22(17)30-13-5-6-18(27)15(7-13)21(28)11-1-3-12(25)4-2-11/h1-9,21,26-28H,10H2. The third kappa shape index (κ3) is 3.96. The third-order valence-corrected chi connectivity index (χ3v) is 5.95. The van der Waals surface area contributed by atoms with Gasteiger partial charge in [0.25, 0.3) is 0 Å². The first-order chi connectivity index (χ1) is 14.4. The van der Waals surface area contributed by atoms with E-state index in [1.54, 1.807) is 18.2 Å². The number of phenolic OH excluding ortho intramolecular Hbond substituents is 1. The highest BCUT2D eigenvalue weighted by Gasteiger charge is 2.19. The van der Waals surface area contributed by atoms with Crippen LogP contribution in [0.5, 0.6) is 17.2 Å². The molecule has 154 valence electrons. The van der Waals surface area contributed by atoms with Crippen LogP contribution < -0.4 is 4.74 Å². The number of fused-ring (bicyclic) bond motifs is 1. The molecule has 1 atom stereocenters. The summed E-state index contributed by atoms with van der Waals surface area (Å²) in [4.78, 5) is 0. The summed E-state index contributed by atoms with van der Waals surface area (Å²) >= 11 is 6.96. The topological polar surface area (TPSA) is 83.1 Å². The molecule has 0 fully saturated rings. The minimum Gasteiger partial charge on any atom is -0.508 e. The van der Waals surface area contributed by atoms with Crippen LogP contribution >= 0.6 is 31.9 Å². The fraction of sp³-hybridized carbons (Fsp3) is 0.0909. The maximum atomic E-state index is 13.2. The Morgan fingerprint density at radius 3 is 2.47 bits per heavy atom. The summed E-state index contributed by atoms with van der Waals surface area (Å²) in [7, 11) is 0. The Hall–Kier alpha value is -2.39. The molecular weight excluding hydrogens is 523 g/mol. The minimum atomic E-state index is -1.16. The van der Waals surface area contributed by atoms with E-state index in [0.717, 1.165) is 5.39 Å². The average molecular weight is 538 g/mol. The molecule has 0 spiro atoms. The van der Waals surface area contributed by atoms with E-state index in [9.17, 15) is 19.7 Å². The van der Waals surface area contributed by atoms with E-state index in [4.69, 9.17) is 9.15 Å². The predicted octanol–water partition coefficient (Wildman–Crippen LogP) is 6.17. The Morgan fingerprint density at radius 1 is 1.03 bits per heavy atom. The molecule has 0 saturated carbocycles. The van der Waals surface area contributed by atoms with E-state index >= 15 is 0 Å². The van der Waals surface area contributed by atoms with Gasteiger partial charge >= 0.3 is 0 Å². The Kier molecular flexibility index (Phi) is 5.84. The van der Waals surface area contributed by atoms with Crippen molar-refractivity contribution in [2.75, 3.05) is 0 Å². The molecule has 4 aromatic rings. The highest BCUT2D eigenvalue weighted by Crippen LogP contribution is 2.44. The van der Waals surface area contributed by atoms with Crippen LogP contribution in [0.1, 0.15) is 23.0 Å². The second kappa shape index (κ2) is 8.39. The van der Waals surface area contributed by atoms with Crippen LogP contribution in [0.4, 0.5) is 4.39 Å². The number of hydrogen-bond donors (Lipinski definition) is 3. The molecule has 3 N–H and O–H groups in total. The number of aliphatic hydroxyl groups is 2. The van der Waals surface area contributed by atoms with Gasteiger partial charge in [0.05, 0.1) is 8.95 Å². The van der Waals surface area contributed by atoms with Crippen molar-refractivity contribution in [2.45, 2.75) is 12.7 Å². The number of furan rings is 1. The van der Waals surface area contributed by atoms with Gasteiger partial charge in [0.2, 0.25) is 0 Å². The zero-order valence-electron chi connectivity index (χ0n) is 15.3. The molecule has 0 saturated heterocycles. The number of hydrogen-bond acceptors (Lipinski definition) is 5. The van der Waals surface area contributed by atoms with Crippen LogP contribution in [0.3, 0.4) is 0 Å². The molecule has 5 nitrogen and oxygen atoms in total.